The number of rotatable bonds is 1. The molecule has 0 aliphatic rings. The molecule has 3 rings (SSSR count). The molecule has 1 aromatic heterocycles. The lowest BCUT2D eigenvalue weighted by Crippen LogP contribution is -2.02. The summed E-state index contributed by atoms with van der Waals surface area (Å²) in [5.74, 6) is 0. The minimum Gasteiger partial charge on any atom is -0.322 e. The second-order valence-corrected chi connectivity index (χ2v) is 4.44. The maximum atomic E-state index is 11.3. The fourth-order valence-corrected chi connectivity index (χ4v) is 2.21. The molecule has 0 amide bonds. The molecule has 2 nitrogen and oxygen atoms in total. The first-order valence-corrected chi connectivity index (χ1v) is 5.93. The SMILES string of the molecule is Cc1ccccc1-c1ccc2ccc(=O)[nH]c2c1. The lowest BCUT2D eigenvalue weighted by atomic mass is 9.99. The van der Waals surface area contributed by atoms with Crippen molar-refractivity contribution >= 4 is 10.9 Å². The van der Waals surface area contributed by atoms with Gasteiger partial charge in [-0.25, -0.2) is 0 Å². The molecular weight excluding hydrogens is 222 g/mol. The third-order valence-electron chi connectivity index (χ3n) is 3.18. The highest BCUT2D eigenvalue weighted by atomic mass is 16.1. The van der Waals surface area contributed by atoms with Crippen molar-refractivity contribution in [2.75, 3.05) is 0 Å². The fraction of sp³-hybridized carbons (Fsp3) is 0.0625. The van der Waals surface area contributed by atoms with Gasteiger partial charge in [0, 0.05) is 11.6 Å². The molecule has 0 unspecified atom stereocenters. The molecule has 1 heterocycles. The van der Waals surface area contributed by atoms with Crippen molar-refractivity contribution in [1.29, 1.82) is 0 Å². The van der Waals surface area contributed by atoms with Crippen molar-refractivity contribution in [1.82, 2.24) is 4.98 Å². The largest absolute Gasteiger partial charge is 0.322 e. The van der Waals surface area contributed by atoms with Crippen LogP contribution >= 0.6 is 0 Å². The second-order valence-electron chi connectivity index (χ2n) is 4.44. The lowest BCUT2D eigenvalue weighted by molar-refractivity contribution is 1.31. The number of fused-ring (bicyclic) bond motifs is 1. The van der Waals surface area contributed by atoms with E-state index in [4.69, 9.17) is 0 Å². The van der Waals surface area contributed by atoms with E-state index in [1.807, 2.05) is 30.3 Å². The molecular formula is C16H13NO. The first kappa shape index (κ1) is 10.8. The number of aromatic amines is 1. The average Bonchev–Trinajstić information content (AvgIpc) is 2.38. The molecule has 1 N–H and O–H groups in total. The van der Waals surface area contributed by atoms with Crippen LogP contribution in [0, 0.1) is 6.92 Å². The van der Waals surface area contributed by atoms with E-state index in [1.165, 1.54) is 11.1 Å². The third kappa shape index (κ3) is 1.82. The highest BCUT2D eigenvalue weighted by Gasteiger charge is 2.02. The van der Waals surface area contributed by atoms with Gasteiger partial charge in [0.2, 0.25) is 5.56 Å². The Hall–Kier alpha value is -2.35. The summed E-state index contributed by atoms with van der Waals surface area (Å²) in [5, 5.41) is 1.05. The molecule has 88 valence electrons. The third-order valence-corrected chi connectivity index (χ3v) is 3.18. The van der Waals surface area contributed by atoms with Crippen LogP contribution in [0.3, 0.4) is 0 Å². The van der Waals surface area contributed by atoms with Gasteiger partial charge in [0.15, 0.2) is 0 Å². The van der Waals surface area contributed by atoms with Gasteiger partial charge in [0.1, 0.15) is 0 Å². The Morgan fingerprint density at radius 1 is 0.944 bits per heavy atom. The monoisotopic (exact) mass is 235 g/mol. The minimum absolute atomic E-state index is 0.0653. The van der Waals surface area contributed by atoms with Gasteiger partial charge in [-0.15, -0.1) is 0 Å². The van der Waals surface area contributed by atoms with Gasteiger partial charge in [0.05, 0.1) is 0 Å². The standard InChI is InChI=1S/C16H13NO/c1-11-4-2-3-5-14(11)13-7-6-12-8-9-16(18)17-15(12)10-13/h2-10H,1H3,(H,17,18). The van der Waals surface area contributed by atoms with Crippen LogP contribution in [0.2, 0.25) is 0 Å². The van der Waals surface area contributed by atoms with Crippen LogP contribution in [0.1, 0.15) is 5.56 Å². The number of hydrogen-bond acceptors (Lipinski definition) is 1. The number of aromatic nitrogens is 1. The van der Waals surface area contributed by atoms with Crippen molar-refractivity contribution in [2.45, 2.75) is 6.92 Å². The van der Waals surface area contributed by atoms with Gasteiger partial charge < -0.3 is 4.98 Å². The molecule has 3 aromatic rings. The van der Waals surface area contributed by atoms with E-state index in [1.54, 1.807) is 6.07 Å². The van der Waals surface area contributed by atoms with Crippen molar-refractivity contribution in [2.24, 2.45) is 0 Å². The van der Waals surface area contributed by atoms with E-state index in [9.17, 15) is 4.79 Å². The Balaban J connectivity index is 2.25. The Morgan fingerprint density at radius 2 is 1.72 bits per heavy atom. The van der Waals surface area contributed by atoms with Gasteiger partial charge in [-0.3, -0.25) is 4.79 Å². The number of pyridine rings is 1. The van der Waals surface area contributed by atoms with E-state index in [-0.39, 0.29) is 5.56 Å². The Labute approximate surface area is 105 Å². The summed E-state index contributed by atoms with van der Waals surface area (Å²) in [5.41, 5.74) is 4.37. The van der Waals surface area contributed by atoms with Crippen molar-refractivity contribution in [3.8, 4) is 11.1 Å². The van der Waals surface area contributed by atoms with E-state index in [0.717, 1.165) is 16.5 Å². The van der Waals surface area contributed by atoms with Gasteiger partial charge in [-0.1, -0.05) is 36.4 Å². The molecule has 0 saturated heterocycles. The number of aryl methyl sites for hydroxylation is 1. The highest BCUT2D eigenvalue weighted by molar-refractivity contribution is 5.84. The second kappa shape index (κ2) is 4.15. The molecule has 0 radical (unpaired) electrons. The predicted molar refractivity (Wildman–Crippen MR) is 74.7 cm³/mol. The maximum Gasteiger partial charge on any atom is 0.248 e. The number of benzene rings is 2. The van der Waals surface area contributed by atoms with Crippen LogP contribution in [0.5, 0.6) is 0 Å². The van der Waals surface area contributed by atoms with Crippen LogP contribution < -0.4 is 5.56 Å². The quantitative estimate of drug-likeness (QED) is 0.688. The molecule has 2 aromatic carbocycles. The maximum absolute atomic E-state index is 11.3. The summed E-state index contributed by atoms with van der Waals surface area (Å²) in [6.07, 6.45) is 0. The fourth-order valence-electron chi connectivity index (χ4n) is 2.21. The first-order valence-electron chi connectivity index (χ1n) is 5.93. The highest BCUT2D eigenvalue weighted by Crippen LogP contribution is 2.25. The lowest BCUT2D eigenvalue weighted by Gasteiger charge is -2.06. The average molecular weight is 235 g/mol. The molecule has 0 spiro atoms. The van der Waals surface area contributed by atoms with Gasteiger partial charge in [0.25, 0.3) is 0 Å². The van der Waals surface area contributed by atoms with Crippen LogP contribution in [-0.2, 0) is 0 Å². The topological polar surface area (TPSA) is 32.9 Å². The summed E-state index contributed by atoms with van der Waals surface area (Å²) in [7, 11) is 0. The predicted octanol–water partition coefficient (Wildman–Crippen LogP) is 3.50. The zero-order valence-electron chi connectivity index (χ0n) is 10.1. The van der Waals surface area contributed by atoms with E-state index >= 15 is 0 Å². The zero-order chi connectivity index (χ0) is 12.5. The summed E-state index contributed by atoms with van der Waals surface area (Å²) in [4.78, 5) is 14.2. The van der Waals surface area contributed by atoms with Crippen molar-refractivity contribution in [3.63, 3.8) is 0 Å². The van der Waals surface area contributed by atoms with Gasteiger partial charge in [-0.2, -0.15) is 0 Å². The van der Waals surface area contributed by atoms with Crippen molar-refractivity contribution in [3.05, 3.63) is 70.5 Å². The molecule has 0 fully saturated rings. The minimum atomic E-state index is -0.0653. The Bertz CT molecular complexity index is 771. The first-order chi connectivity index (χ1) is 8.74. The van der Waals surface area contributed by atoms with Crippen LogP contribution in [0.25, 0.3) is 22.0 Å². The molecule has 0 atom stereocenters. The number of hydrogen-bond donors (Lipinski definition) is 1. The summed E-state index contributed by atoms with van der Waals surface area (Å²) in [6, 6.07) is 17.8. The molecule has 0 aliphatic carbocycles. The van der Waals surface area contributed by atoms with Crippen LogP contribution in [0.4, 0.5) is 0 Å². The molecule has 0 saturated carbocycles. The van der Waals surface area contributed by atoms with E-state index < -0.39 is 0 Å². The summed E-state index contributed by atoms with van der Waals surface area (Å²) < 4.78 is 0. The molecule has 0 bridgehead atoms. The number of H-pyrrole nitrogens is 1. The van der Waals surface area contributed by atoms with Crippen LogP contribution in [-0.4, -0.2) is 4.98 Å². The molecule has 0 aliphatic heterocycles. The molecule has 2 heteroatoms. The van der Waals surface area contributed by atoms with E-state index in [2.05, 4.69) is 30.1 Å². The summed E-state index contributed by atoms with van der Waals surface area (Å²) in [6.45, 7) is 2.09. The smallest absolute Gasteiger partial charge is 0.248 e. The number of nitrogens with one attached hydrogen (secondary N) is 1. The van der Waals surface area contributed by atoms with Crippen LogP contribution in [0.15, 0.2) is 59.4 Å². The molecule has 18 heavy (non-hydrogen) atoms. The normalized spacial score (nSPS) is 10.7. The van der Waals surface area contributed by atoms with E-state index in [0.29, 0.717) is 0 Å². The Morgan fingerprint density at radius 3 is 2.56 bits per heavy atom. The van der Waals surface area contributed by atoms with Gasteiger partial charge in [-0.05, 0) is 41.1 Å². The Kier molecular flexibility index (Phi) is 2.49. The van der Waals surface area contributed by atoms with Gasteiger partial charge >= 0.3 is 0 Å². The zero-order valence-corrected chi connectivity index (χ0v) is 10.1. The van der Waals surface area contributed by atoms with Crippen molar-refractivity contribution < 1.29 is 0 Å². The summed E-state index contributed by atoms with van der Waals surface area (Å²) >= 11 is 0.